The van der Waals surface area contributed by atoms with Gasteiger partial charge in [0.25, 0.3) is 0 Å². The lowest BCUT2D eigenvalue weighted by atomic mass is 9.98. The monoisotopic (exact) mass is 271 g/mol. The number of hydrogen-bond donors (Lipinski definition) is 0. The second-order valence-corrected chi connectivity index (χ2v) is 5.51. The predicted molar refractivity (Wildman–Crippen MR) is 77.9 cm³/mol. The molecule has 0 saturated carbocycles. The molecule has 2 atom stereocenters. The van der Waals surface area contributed by atoms with Gasteiger partial charge in [-0.15, -0.1) is 0 Å². The van der Waals surface area contributed by atoms with Gasteiger partial charge in [-0.3, -0.25) is 4.79 Å². The molecule has 0 aromatic heterocycles. The molecule has 1 aromatic rings. The highest BCUT2D eigenvalue weighted by atomic mass is 16.2. The van der Waals surface area contributed by atoms with Crippen LogP contribution in [0.1, 0.15) is 12.5 Å². The number of likely N-dealkylation sites (N-methyl/N-ethyl adjacent to an activating group) is 1. The van der Waals surface area contributed by atoms with E-state index in [0.29, 0.717) is 13.0 Å². The summed E-state index contributed by atoms with van der Waals surface area (Å²) in [5, 5.41) is 9.32. The summed E-state index contributed by atoms with van der Waals surface area (Å²) in [6.45, 7) is 4.50. The highest BCUT2D eigenvalue weighted by Gasteiger charge is 2.30. The number of benzene rings is 1. The van der Waals surface area contributed by atoms with Gasteiger partial charge in [-0.05, 0) is 26.0 Å². The number of nitrogens with zero attached hydrogens (tertiary/aromatic N) is 3. The van der Waals surface area contributed by atoms with Crippen molar-refractivity contribution >= 4 is 5.91 Å². The molecule has 2 rings (SSSR count). The molecule has 0 N–H and O–H groups in total. The molecule has 20 heavy (non-hydrogen) atoms. The van der Waals surface area contributed by atoms with Gasteiger partial charge in [0.05, 0.1) is 6.07 Å². The maximum Gasteiger partial charge on any atom is 0.240 e. The summed E-state index contributed by atoms with van der Waals surface area (Å²) in [6.07, 6.45) is 0.495. The van der Waals surface area contributed by atoms with Gasteiger partial charge < -0.3 is 9.80 Å². The fraction of sp³-hybridized carbons (Fsp3) is 0.500. The fourth-order valence-corrected chi connectivity index (χ4v) is 2.71. The van der Waals surface area contributed by atoms with Gasteiger partial charge in [0.15, 0.2) is 0 Å². The third-order valence-electron chi connectivity index (χ3n) is 3.85. The lowest BCUT2D eigenvalue weighted by Gasteiger charge is -2.39. The third kappa shape index (κ3) is 3.37. The van der Waals surface area contributed by atoms with E-state index in [2.05, 4.69) is 18.0 Å². The maximum absolute atomic E-state index is 12.5. The second-order valence-electron chi connectivity index (χ2n) is 5.51. The molecule has 4 heteroatoms. The minimum atomic E-state index is -0.580. The smallest absolute Gasteiger partial charge is 0.240 e. The van der Waals surface area contributed by atoms with E-state index in [0.717, 1.165) is 18.7 Å². The highest BCUT2D eigenvalue weighted by molar-refractivity contribution is 5.82. The summed E-state index contributed by atoms with van der Waals surface area (Å²) < 4.78 is 0. The number of carbonyl (C=O) groups is 1. The van der Waals surface area contributed by atoms with Gasteiger partial charge in [0.2, 0.25) is 5.91 Å². The first-order valence-electron chi connectivity index (χ1n) is 7.04. The molecule has 0 radical (unpaired) electrons. The molecular weight excluding hydrogens is 250 g/mol. The standard InChI is InChI=1S/C16H21N3O/c1-13-12-18(2)8-9-19(13)16(20)15(11-17)10-14-6-4-3-5-7-14/h3-7,13,15H,8-10,12H2,1-2H3. The number of nitriles is 1. The number of rotatable bonds is 3. The van der Waals surface area contributed by atoms with Gasteiger partial charge in [0, 0.05) is 25.7 Å². The van der Waals surface area contributed by atoms with E-state index >= 15 is 0 Å². The number of amides is 1. The van der Waals surface area contributed by atoms with Gasteiger partial charge in [0.1, 0.15) is 5.92 Å². The highest BCUT2D eigenvalue weighted by Crippen LogP contribution is 2.16. The Morgan fingerprint density at radius 3 is 2.70 bits per heavy atom. The molecule has 0 spiro atoms. The van der Waals surface area contributed by atoms with Crippen LogP contribution in [0, 0.1) is 17.2 Å². The maximum atomic E-state index is 12.5. The lowest BCUT2D eigenvalue weighted by Crippen LogP contribution is -2.54. The van der Waals surface area contributed by atoms with Crippen molar-refractivity contribution in [1.82, 2.24) is 9.80 Å². The molecule has 1 aliphatic heterocycles. The first-order chi connectivity index (χ1) is 9.61. The number of hydrogen-bond acceptors (Lipinski definition) is 3. The molecule has 0 aliphatic carbocycles. The van der Waals surface area contributed by atoms with Crippen molar-refractivity contribution in [2.45, 2.75) is 19.4 Å². The van der Waals surface area contributed by atoms with E-state index in [1.807, 2.05) is 42.2 Å². The van der Waals surface area contributed by atoms with Crippen LogP contribution in [0.5, 0.6) is 0 Å². The number of carbonyl (C=O) groups excluding carboxylic acids is 1. The van der Waals surface area contributed by atoms with Crippen LogP contribution in [0.2, 0.25) is 0 Å². The Kier molecular flexibility index (Phi) is 4.75. The first-order valence-corrected chi connectivity index (χ1v) is 7.04. The molecule has 1 aliphatic rings. The van der Waals surface area contributed by atoms with Gasteiger partial charge >= 0.3 is 0 Å². The summed E-state index contributed by atoms with van der Waals surface area (Å²) in [6, 6.07) is 12.1. The summed E-state index contributed by atoms with van der Waals surface area (Å²) in [7, 11) is 2.06. The van der Waals surface area contributed by atoms with E-state index in [-0.39, 0.29) is 11.9 Å². The van der Waals surface area contributed by atoms with E-state index in [1.54, 1.807) is 0 Å². The zero-order valence-corrected chi connectivity index (χ0v) is 12.1. The summed E-state index contributed by atoms with van der Waals surface area (Å²) in [5.74, 6) is -0.611. The molecule has 1 fully saturated rings. The Labute approximate surface area is 120 Å². The van der Waals surface area contributed by atoms with Crippen molar-refractivity contribution < 1.29 is 4.79 Å². The summed E-state index contributed by atoms with van der Waals surface area (Å²) in [4.78, 5) is 16.6. The van der Waals surface area contributed by atoms with E-state index < -0.39 is 5.92 Å². The van der Waals surface area contributed by atoms with Crippen LogP contribution in [0.4, 0.5) is 0 Å². The van der Waals surface area contributed by atoms with Crippen molar-refractivity contribution in [2.75, 3.05) is 26.7 Å². The Morgan fingerprint density at radius 1 is 1.40 bits per heavy atom. The third-order valence-corrected chi connectivity index (χ3v) is 3.85. The van der Waals surface area contributed by atoms with Gasteiger partial charge in [-0.25, -0.2) is 0 Å². The lowest BCUT2D eigenvalue weighted by molar-refractivity contribution is -0.138. The van der Waals surface area contributed by atoms with Crippen molar-refractivity contribution in [1.29, 1.82) is 5.26 Å². The van der Waals surface area contributed by atoms with Crippen LogP contribution in [-0.2, 0) is 11.2 Å². The minimum Gasteiger partial charge on any atom is -0.336 e. The largest absolute Gasteiger partial charge is 0.336 e. The van der Waals surface area contributed by atoms with Crippen LogP contribution in [0.25, 0.3) is 0 Å². The van der Waals surface area contributed by atoms with Crippen molar-refractivity contribution in [3.05, 3.63) is 35.9 Å². The summed E-state index contributed by atoms with van der Waals surface area (Å²) in [5.41, 5.74) is 1.04. The van der Waals surface area contributed by atoms with Crippen LogP contribution >= 0.6 is 0 Å². The molecule has 1 aromatic carbocycles. The Morgan fingerprint density at radius 2 is 2.10 bits per heavy atom. The molecule has 4 nitrogen and oxygen atoms in total. The molecule has 1 heterocycles. The van der Waals surface area contributed by atoms with E-state index in [1.165, 1.54) is 0 Å². The van der Waals surface area contributed by atoms with Crippen molar-refractivity contribution in [3.63, 3.8) is 0 Å². The van der Waals surface area contributed by atoms with Gasteiger partial charge in [-0.1, -0.05) is 30.3 Å². The Balaban J connectivity index is 2.04. The SMILES string of the molecule is CC1CN(C)CCN1C(=O)C(C#N)Cc1ccccc1. The predicted octanol–water partition coefficient (Wildman–Crippen LogP) is 1.53. The van der Waals surface area contributed by atoms with Crippen LogP contribution in [-0.4, -0.2) is 48.4 Å². The molecule has 2 unspecified atom stereocenters. The second kappa shape index (κ2) is 6.53. The quantitative estimate of drug-likeness (QED) is 0.837. The Hall–Kier alpha value is -1.86. The molecule has 0 bridgehead atoms. The molecule has 1 saturated heterocycles. The fourth-order valence-electron chi connectivity index (χ4n) is 2.71. The molecule has 106 valence electrons. The normalized spacial score (nSPS) is 21.2. The zero-order valence-electron chi connectivity index (χ0n) is 12.1. The first kappa shape index (κ1) is 14.5. The van der Waals surface area contributed by atoms with E-state index in [4.69, 9.17) is 0 Å². The average molecular weight is 271 g/mol. The summed E-state index contributed by atoms with van der Waals surface area (Å²) >= 11 is 0. The molecule has 1 amide bonds. The molecular formula is C16H21N3O. The topological polar surface area (TPSA) is 47.3 Å². The van der Waals surface area contributed by atoms with Crippen LogP contribution in [0.15, 0.2) is 30.3 Å². The van der Waals surface area contributed by atoms with Crippen LogP contribution < -0.4 is 0 Å². The van der Waals surface area contributed by atoms with Gasteiger partial charge in [-0.2, -0.15) is 5.26 Å². The zero-order chi connectivity index (χ0) is 14.5. The van der Waals surface area contributed by atoms with E-state index in [9.17, 15) is 10.1 Å². The van der Waals surface area contributed by atoms with Crippen LogP contribution in [0.3, 0.4) is 0 Å². The van der Waals surface area contributed by atoms with Crippen molar-refractivity contribution in [3.8, 4) is 6.07 Å². The van der Waals surface area contributed by atoms with Crippen molar-refractivity contribution in [2.24, 2.45) is 5.92 Å². The number of piperazine rings is 1. The average Bonchev–Trinajstić information content (AvgIpc) is 2.45. The minimum absolute atomic E-state index is 0.0306. The Bertz CT molecular complexity index is 494.